The molecule has 0 bridgehead atoms. The van der Waals surface area contributed by atoms with E-state index < -0.39 is 11.9 Å². The lowest BCUT2D eigenvalue weighted by atomic mass is 10.1. The molecule has 0 aliphatic rings. The molecule has 5 nitrogen and oxygen atoms in total. The molecule has 1 aromatic heterocycles. The molecule has 0 atom stereocenters. The van der Waals surface area contributed by atoms with E-state index in [1.807, 2.05) is 0 Å². The van der Waals surface area contributed by atoms with Crippen molar-refractivity contribution < 1.29 is 18.3 Å². The van der Waals surface area contributed by atoms with Crippen molar-refractivity contribution >= 4 is 17.4 Å². The van der Waals surface area contributed by atoms with Gasteiger partial charge in [0.15, 0.2) is 0 Å². The zero-order valence-electron chi connectivity index (χ0n) is 13.8. The van der Waals surface area contributed by atoms with E-state index in [2.05, 4.69) is 10.3 Å². The largest absolute Gasteiger partial charge is 0.457 e. The number of carbonyl (C=O) groups is 1. The molecule has 0 aliphatic carbocycles. The number of rotatable bonds is 4. The summed E-state index contributed by atoms with van der Waals surface area (Å²) in [4.78, 5) is 15.8. The Hall–Kier alpha value is -3.48. The Morgan fingerprint density at radius 1 is 1.04 bits per heavy atom. The van der Waals surface area contributed by atoms with Crippen LogP contribution in [0.2, 0.25) is 0 Å². The van der Waals surface area contributed by atoms with Crippen LogP contribution in [0.1, 0.15) is 15.9 Å². The molecule has 3 aromatic rings. The van der Waals surface area contributed by atoms with Crippen molar-refractivity contribution in [2.24, 2.45) is 0 Å². The maximum Gasteiger partial charge on any atom is 0.259 e. The van der Waals surface area contributed by atoms with Gasteiger partial charge in [0.1, 0.15) is 23.1 Å². The molecular weight excluding hydrogens is 340 g/mol. The SMILES string of the molecule is Cc1cc(C(=O)Nc2ccc(Oc3ccc(F)cc3)cc2)c(N)nc1F. The molecule has 0 saturated carbocycles. The van der Waals surface area contributed by atoms with Gasteiger partial charge in [-0.05, 0) is 61.5 Å². The number of amides is 1. The van der Waals surface area contributed by atoms with Crippen LogP contribution in [0.5, 0.6) is 11.5 Å². The molecule has 0 radical (unpaired) electrons. The maximum atomic E-state index is 13.3. The van der Waals surface area contributed by atoms with Gasteiger partial charge in [0.05, 0.1) is 5.56 Å². The highest BCUT2D eigenvalue weighted by atomic mass is 19.1. The average molecular weight is 355 g/mol. The zero-order valence-corrected chi connectivity index (χ0v) is 13.8. The first-order chi connectivity index (χ1) is 12.4. The number of nitrogens with one attached hydrogen (secondary N) is 1. The van der Waals surface area contributed by atoms with Crippen LogP contribution in [0.25, 0.3) is 0 Å². The standard InChI is InChI=1S/C19H15F2N3O2/c1-11-10-16(18(22)24-17(11)21)19(25)23-13-4-8-15(9-5-13)26-14-6-2-12(20)3-7-14/h2-10H,1H3,(H2,22,24)(H,23,25). The number of anilines is 2. The lowest BCUT2D eigenvalue weighted by Crippen LogP contribution is -2.16. The number of carbonyl (C=O) groups excluding carboxylic acids is 1. The molecule has 0 spiro atoms. The minimum absolute atomic E-state index is 0.0931. The summed E-state index contributed by atoms with van der Waals surface area (Å²) in [5.74, 6) is -0.717. The lowest BCUT2D eigenvalue weighted by molar-refractivity contribution is 0.102. The Morgan fingerprint density at radius 3 is 2.23 bits per heavy atom. The molecule has 0 fully saturated rings. The third-order valence-electron chi connectivity index (χ3n) is 3.59. The number of ether oxygens (including phenoxy) is 1. The summed E-state index contributed by atoms with van der Waals surface area (Å²) < 4.78 is 31.8. The highest BCUT2D eigenvalue weighted by Crippen LogP contribution is 2.24. The van der Waals surface area contributed by atoms with Crippen molar-refractivity contribution in [1.29, 1.82) is 0 Å². The van der Waals surface area contributed by atoms with Gasteiger partial charge >= 0.3 is 0 Å². The minimum Gasteiger partial charge on any atom is -0.457 e. The highest BCUT2D eigenvalue weighted by molar-refractivity contribution is 6.07. The number of aromatic nitrogens is 1. The summed E-state index contributed by atoms with van der Waals surface area (Å²) in [5, 5.41) is 2.66. The van der Waals surface area contributed by atoms with Crippen LogP contribution < -0.4 is 15.8 Å². The Kier molecular flexibility index (Phi) is 4.79. The normalized spacial score (nSPS) is 10.4. The molecule has 26 heavy (non-hydrogen) atoms. The minimum atomic E-state index is -0.707. The number of nitrogens with zero attached hydrogens (tertiary/aromatic N) is 1. The second-order valence-corrected chi connectivity index (χ2v) is 5.56. The molecular formula is C19H15F2N3O2. The van der Waals surface area contributed by atoms with Crippen LogP contribution in [-0.4, -0.2) is 10.9 Å². The quantitative estimate of drug-likeness (QED) is 0.684. The summed E-state index contributed by atoms with van der Waals surface area (Å²) in [7, 11) is 0. The van der Waals surface area contributed by atoms with E-state index in [0.717, 1.165) is 0 Å². The van der Waals surface area contributed by atoms with E-state index >= 15 is 0 Å². The Morgan fingerprint density at radius 2 is 1.62 bits per heavy atom. The Labute approximate surface area is 148 Å². The monoisotopic (exact) mass is 355 g/mol. The van der Waals surface area contributed by atoms with Crippen molar-refractivity contribution in [3.63, 3.8) is 0 Å². The highest BCUT2D eigenvalue weighted by Gasteiger charge is 2.14. The van der Waals surface area contributed by atoms with E-state index in [1.165, 1.54) is 37.3 Å². The second kappa shape index (κ2) is 7.18. The van der Waals surface area contributed by atoms with Crippen molar-refractivity contribution in [3.05, 3.63) is 77.5 Å². The van der Waals surface area contributed by atoms with Gasteiger partial charge < -0.3 is 15.8 Å². The summed E-state index contributed by atoms with van der Waals surface area (Å²) in [6.45, 7) is 1.50. The predicted molar refractivity (Wildman–Crippen MR) is 94.2 cm³/mol. The smallest absolute Gasteiger partial charge is 0.259 e. The van der Waals surface area contributed by atoms with Gasteiger partial charge in [-0.15, -0.1) is 0 Å². The first-order valence-corrected chi connectivity index (χ1v) is 7.70. The first-order valence-electron chi connectivity index (χ1n) is 7.70. The lowest BCUT2D eigenvalue weighted by Gasteiger charge is -2.10. The fraction of sp³-hybridized carbons (Fsp3) is 0.0526. The van der Waals surface area contributed by atoms with Gasteiger partial charge in [-0.25, -0.2) is 9.37 Å². The fourth-order valence-electron chi connectivity index (χ4n) is 2.23. The van der Waals surface area contributed by atoms with E-state index in [9.17, 15) is 13.6 Å². The molecule has 0 unspecified atom stereocenters. The van der Waals surface area contributed by atoms with Crippen molar-refractivity contribution in [2.45, 2.75) is 6.92 Å². The number of halogens is 2. The van der Waals surface area contributed by atoms with Gasteiger partial charge in [0.2, 0.25) is 5.95 Å². The fourth-order valence-corrected chi connectivity index (χ4v) is 2.23. The van der Waals surface area contributed by atoms with Crippen LogP contribution in [0.15, 0.2) is 54.6 Å². The van der Waals surface area contributed by atoms with E-state index in [-0.39, 0.29) is 22.8 Å². The summed E-state index contributed by atoms with van der Waals surface area (Å²) >= 11 is 0. The second-order valence-electron chi connectivity index (χ2n) is 5.56. The van der Waals surface area contributed by atoms with Crippen LogP contribution >= 0.6 is 0 Å². The van der Waals surface area contributed by atoms with E-state index in [0.29, 0.717) is 17.2 Å². The number of hydrogen-bond acceptors (Lipinski definition) is 4. The molecule has 2 aromatic carbocycles. The van der Waals surface area contributed by atoms with Crippen LogP contribution in [0.4, 0.5) is 20.3 Å². The van der Waals surface area contributed by atoms with Crippen molar-refractivity contribution in [3.8, 4) is 11.5 Å². The molecule has 1 amide bonds. The molecule has 0 aliphatic heterocycles. The predicted octanol–water partition coefficient (Wildman–Crippen LogP) is 4.30. The van der Waals surface area contributed by atoms with Gasteiger partial charge in [-0.3, -0.25) is 4.79 Å². The van der Waals surface area contributed by atoms with Gasteiger partial charge in [-0.2, -0.15) is 4.39 Å². The van der Waals surface area contributed by atoms with Crippen molar-refractivity contribution in [2.75, 3.05) is 11.1 Å². The molecule has 3 rings (SSSR count). The molecule has 3 N–H and O–H groups in total. The topological polar surface area (TPSA) is 77.2 Å². The maximum absolute atomic E-state index is 13.3. The Balaban J connectivity index is 1.70. The van der Waals surface area contributed by atoms with E-state index in [1.54, 1.807) is 24.3 Å². The number of hydrogen-bond donors (Lipinski definition) is 2. The number of nitrogens with two attached hydrogens (primary N) is 1. The van der Waals surface area contributed by atoms with Crippen LogP contribution in [0.3, 0.4) is 0 Å². The first kappa shape index (κ1) is 17.3. The summed E-state index contributed by atoms with van der Waals surface area (Å²) in [6, 6.07) is 13.5. The van der Waals surface area contributed by atoms with Crippen LogP contribution in [-0.2, 0) is 0 Å². The third kappa shape index (κ3) is 3.94. The molecule has 1 heterocycles. The number of benzene rings is 2. The van der Waals surface area contributed by atoms with Crippen molar-refractivity contribution in [1.82, 2.24) is 4.98 Å². The molecule has 7 heteroatoms. The van der Waals surface area contributed by atoms with Gasteiger partial charge in [-0.1, -0.05) is 0 Å². The van der Waals surface area contributed by atoms with Gasteiger partial charge in [0, 0.05) is 11.3 Å². The average Bonchev–Trinajstić information content (AvgIpc) is 2.61. The molecule has 132 valence electrons. The number of aryl methyl sites for hydroxylation is 1. The molecule has 0 saturated heterocycles. The van der Waals surface area contributed by atoms with E-state index in [4.69, 9.17) is 10.5 Å². The Bertz CT molecular complexity index is 942. The third-order valence-corrected chi connectivity index (χ3v) is 3.59. The van der Waals surface area contributed by atoms with Crippen LogP contribution in [0, 0.1) is 18.7 Å². The number of nitrogen functional groups attached to an aromatic ring is 1. The number of pyridine rings is 1. The summed E-state index contributed by atoms with van der Waals surface area (Å²) in [6.07, 6.45) is 0. The zero-order chi connectivity index (χ0) is 18.7. The van der Waals surface area contributed by atoms with Gasteiger partial charge in [0.25, 0.3) is 5.91 Å². The summed E-state index contributed by atoms with van der Waals surface area (Å²) in [5.41, 5.74) is 6.43.